The molecule has 0 radical (unpaired) electrons. The van der Waals surface area contributed by atoms with Crippen LogP contribution in [0.3, 0.4) is 0 Å². The number of carbonyl (C=O) groups is 2. The number of anilines is 1. The lowest BCUT2D eigenvalue weighted by Crippen LogP contribution is -2.29. The van der Waals surface area contributed by atoms with Crippen LogP contribution >= 0.6 is 35.0 Å². The summed E-state index contributed by atoms with van der Waals surface area (Å²) in [5.74, 6) is 0.195. The second kappa shape index (κ2) is 11.4. The van der Waals surface area contributed by atoms with E-state index in [-0.39, 0.29) is 22.6 Å². The standard InChI is InChI=1S/C23H23Cl2N5O2S/c1-4-12-30-21(15(3)26-22(32)16-9-6-5-8-14(16)2)28-29-23(30)33-13-19(31)27-18-11-7-10-17(24)20(18)25/h4-11,15H,1,12-13H2,2-3H3,(H,26,32)(H,27,31)/t15-/m0/s1. The van der Waals surface area contributed by atoms with E-state index in [9.17, 15) is 9.59 Å². The molecule has 0 aliphatic carbocycles. The third-order valence-corrected chi connectivity index (χ3v) is 6.53. The lowest BCUT2D eigenvalue weighted by Gasteiger charge is -2.16. The molecule has 10 heteroatoms. The van der Waals surface area contributed by atoms with E-state index in [0.717, 1.165) is 5.56 Å². The highest BCUT2D eigenvalue weighted by molar-refractivity contribution is 7.99. The van der Waals surface area contributed by atoms with Crippen LogP contribution in [-0.2, 0) is 11.3 Å². The molecule has 0 fully saturated rings. The molecular weight excluding hydrogens is 481 g/mol. The van der Waals surface area contributed by atoms with Crippen molar-refractivity contribution in [2.45, 2.75) is 31.6 Å². The zero-order valence-electron chi connectivity index (χ0n) is 18.1. The molecule has 1 aromatic heterocycles. The van der Waals surface area contributed by atoms with E-state index in [1.165, 1.54) is 11.8 Å². The monoisotopic (exact) mass is 503 g/mol. The van der Waals surface area contributed by atoms with E-state index in [2.05, 4.69) is 27.4 Å². The number of amides is 2. The number of hydrogen-bond donors (Lipinski definition) is 2. The number of nitrogens with zero attached hydrogens (tertiary/aromatic N) is 3. The maximum Gasteiger partial charge on any atom is 0.252 e. The van der Waals surface area contributed by atoms with Gasteiger partial charge in [-0.25, -0.2) is 0 Å². The fraction of sp³-hybridized carbons (Fsp3) is 0.217. The van der Waals surface area contributed by atoms with Gasteiger partial charge in [0, 0.05) is 12.1 Å². The van der Waals surface area contributed by atoms with E-state index in [0.29, 0.717) is 33.8 Å². The first kappa shape index (κ1) is 24.8. The van der Waals surface area contributed by atoms with Crippen molar-refractivity contribution in [2.24, 2.45) is 0 Å². The zero-order chi connectivity index (χ0) is 24.0. The first-order valence-corrected chi connectivity index (χ1v) is 11.8. The predicted octanol–water partition coefficient (Wildman–Crippen LogP) is 5.30. The fourth-order valence-electron chi connectivity index (χ4n) is 3.11. The Bertz CT molecular complexity index is 1180. The van der Waals surface area contributed by atoms with Crippen LogP contribution in [0, 0.1) is 6.92 Å². The lowest BCUT2D eigenvalue weighted by molar-refractivity contribution is -0.113. The van der Waals surface area contributed by atoms with Crippen LogP contribution in [0.2, 0.25) is 10.0 Å². The number of hydrogen-bond acceptors (Lipinski definition) is 5. The molecule has 0 aliphatic rings. The molecule has 3 rings (SSSR count). The van der Waals surface area contributed by atoms with Crippen LogP contribution in [0.15, 0.2) is 60.3 Å². The van der Waals surface area contributed by atoms with Crippen molar-refractivity contribution in [2.75, 3.05) is 11.1 Å². The van der Waals surface area contributed by atoms with Gasteiger partial charge < -0.3 is 15.2 Å². The summed E-state index contributed by atoms with van der Waals surface area (Å²) in [5.41, 5.74) is 1.93. The lowest BCUT2D eigenvalue weighted by atomic mass is 10.1. The average Bonchev–Trinajstić information content (AvgIpc) is 3.18. The Kier molecular flexibility index (Phi) is 8.55. The number of aryl methyl sites for hydroxylation is 1. The molecular formula is C23H23Cl2N5O2S. The summed E-state index contributed by atoms with van der Waals surface area (Å²) in [5, 5.41) is 15.3. The maximum atomic E-state index is 12.7. The van der Waals surface area contributed by atoms with E-state index < -0.39 is 6.04 Å². The summed E-state index contributed by atoms with van der Waals surface area (Å²) < 4.78 is 1.82. The predicted molar refractivity (Wildman–Crippen MR) is 133 cm³/mol. The van der Waals surface area contributed by atoms with Crippen molar-refractivity contribution < 1.29 is 9.59 Å². The van der Waals surface area contributed by atoms with Crippen LogP contribution in [-0.4, -0.2) is 32.3 Å². The van der Waals surface area contributed by atoms with Crippen LogP contribution in [0.4, 0.5) is 5.69 Å². The Labute approximate surface area is 206 Å². The highest BCUT2D eigenvalue weighted by Gasteiger charge is 2.21. The summed E-state index contributed by atoms with van der Waals surface area (Å²) in [7, 11) is 0. The molecule has 0 bridgehead atoms. The fourth-order valence-corrected chi connectivity index (χ4v) is 4.21. The minimum Gasteiger partial charge on any atom is -0.342 e. The third-order valence-electron chi connectivity index (χ3n) is 4.74. The highest BCUT2D eigenvalue weighted by Crippen LogP contribution is 2.30. The molecule has 2 aromatic carbocycles. The highest BCUT2D eigenvalue weighted by atomic mass is 35.5. The van der Waals surface area contributed by atoms with E-state index >= 15 is 0 Å². The number of thioether (sulfide) groups is 1. The van der Waals surface area contributed by atoms with Gasteiger partial charge in [-0.2, -0.15) is 0 Å². The smallest absolute Gasteiger partial charge is 0.252 e. The second-order valence-corrected chi connectivity index (χ2v) is 8.92. The first-order valence-electron chi connectivity index (χ1n) is 10.1. The molecule has 172 valence electrons. The van der Waals surface area contributed by atoms with E-state index in [1.807, 2.05) is 36.6 Å². The number of allylic oxidation sites excluding steroid dienone is 1. The molecule has 0 spiro atoms. The molecule has 0 aliphatic heterocycles. The third kappa shape index (κ3) is 6.16. The van der Waals surface area contributed by atoms with Gasteiger partial charge in [0.25, 0.3) is 5.91 Å². The Morgan fingerprint density at radius 2 is 1.94 bits per heavy atom. The van der Waals surface area contributed by atoms with Crippen LogP contribution in [0.25, 0.3) is 0 Å². The van der Waals surface area contributed by atoms with Gasteiger partial charge in [0.2, 0.25) is 5.91 Å². The number of rotatable bonds is 9. The van der Waals surface area contributed by atoms with Crippen molar-refractivity contribution in [3.05, 3.63) is 82.1 Å². The molecule has 3 aromatic rings. The molecule has 2 amide bonds. The Morgan fingerprint density at radius 3 is 2.67 bits per heavy atom. The summed E-state index contributed by atoms with van der Waals surface area (Å²) >= 11 is 13.3. The number of benzene rings is 2. The van der Waals surface area contributed by atoms with E-state index in [1.54, 1.807) is 30.3 Å². The quantitative estimate of drug-likeness (QED) is 0.305. The minimum absolute atomic E-state index is 0.0854. The van der Waals surface area contributed by atoms with Gasteiger partial charge in [-0.15, -0.1) is 16.8 Å². The molecule has 2 N–H and O–H groups in total. The summed E-state index contributed by atoms with van der Waals surface area (Å²) in [6.45, 7) is 7.93. The summed E-state index contributed by atoms with van der Waals surface area (Å²) in [4.78, 5) is 25.1. The van der Waals surface area contributed by atoms with Crippen LogP contribution in [0.1, 0.15) is 34.7 Å². The van der Waals surface area contributed by atoms with Gasteiger partial charge >= 0.3 is 0 Å². The Hall–Kier alpha value is -2.81. The summed E-state index contributed by atoms with van der Waals surface area (Å²) in [6.07, 6.45) is 1.71. The van der Waals surface area contributed by atoms with Gasteiger partial charge in [-0.3, -0.25) is 9.59 Å². The zero-order valence-corrected chi connectivity index (χ0v) is 20.5. The SMILES string of the molecule is C=CCn1c(SCC(=O)Nc2cccc(Cl)c2Cl)nnc1[C@H](C)NC(=O)c1ccccc1C. The Balaban J connectivity index is 1.69. The van der Waals surface area contributed by atoms with Crippen LogP contribution < -0.4 is 10.6 Å². The molecule has 7 nitrogen and oxygen atoms in total. The number of aromatic nitrogens is 3. The Morgan fingerprint density at radius 1 is 1.18 bits per heavy atom. The van der Waals surface area contributed by atoms with Crippen LogP contribution in [0.5, 0.6) is 0 Å². The van der Waals surface area contributed by atoms with Crippen molar-refractivity contribution in [3.8, 4) is 0 Å². The van der Waals surface area contributed by atoms with Gasteiger partial charge in [0.1, 0.15) is 0 Å². The molecule has 0 unspecified atom stereocenters. The average molecular weight is 504 g/mol. The molecule has 0 saturated heterocycles. The first-order chi connectivity index (χ1) is 15.8. The molecule has 0 saturated carbocycles. The van der Waals surface area contributed by atoms with Gasteiger partial charge in [-0.05, 0) is 37.6 Å². The van der Waals surface area contributed by atoms with Crippen molar-refractivity contribution in [3.63, 3.8) is 0 Å². The number of halogens is 2. The summed E-state index contributed by atoms with van der Waals surface area (Å²) in [6, 6.07) is 12.0. The van der Waals surface area contributed by atoms with Crippen molar-refractivity contribution in [1.29, 1.82) is 0 Å². The van der Waals surface area contributed by atoms with Gasteiger partial charge in [0.05, 0.1) is 27.5 Å². The van der Waals surface area contributed by atoms with Crippen molar-refractivity contribution in [1.82, 2.24) is 20.1 Å². The van der Waals surface area contributed by atoms with Gasteiger partial charge in [-0.1, -0.05) is 65.3 Å². The number of nitrogens with one attached hydrogen (secondary N) is 2. The largest absolute Gasteiger partial charge is 0.342 e. The molecule has 1 heterocycles. The normalized spacial score (nSPS) is 11.6. The minimum atomic E-state index is -0.405. The van der Waals surface area contributed by atoms with Crippen molar-refractivity contribution >= 4 is 52.5 Å². The van der Waals surface area contributed by atoms with Gasteiger partial charge in [0.15, 0.2) is 11.0 Å². The number of carbonyl (C=O) groups excluding carboxylic acids is 2. The topological polar surface area (TPSA) is 88.9 Å². The maximum absolute atomic E-state index is 12.7. The van der Waals surface area contributed by atoms with E-state index in [4.69, 9.17) is 23.2 Å². The molecule has 33 heavy (non-hydrogen) atoms. The second-order valence-electron chi connectivity index (χ2n) is 7.19. The molecule has 1 atom stereocenters.